The van der Waals surface area contributed by atoms with Crippen LogP contribution in [0.2, 0.25) is 5.02 Å². The van der Waals surface area contributed by atoms with E-state index in [1.807, 2.05) is 0 Å². The van der Waals surface area contributed by atoms with Crippen LogP contribution in [-0.2, 0) is 11.3 Å². The molecule has 5 heteroatoms. The number of benzene rings is 1. The number of likely N-dealkylation sites (tertiary alicyclic amines) is 1. The normalized spacial score (nSPS) is 23.7. The van der Waals surface area contributed by atoms with Crippen LogP contribution in [0.1, 0.15) is 24.8 Å². The van der Waals surface area contributed by atoms with Crippen molar-refractivity contribution in [2.24, 2.45) is 5.92 Å². The van der Waals surface area contributed by atoms with Gasteiger partial charge in [-0.25, -0.2) is 4.39 Å². The molecule has 3 nitrogen and oxygen atoms in total. The number of piperidine rings is 1. The molecule has 2 saturated heterocycles. The Bertz CT molecular complexity index is 514. The minimum absolute atomic E-state index is 0.273. The van der Waals surface area contributed by atoms with Crippen molar-refractivity contribution in [2.45, 2.75) is 31.8 Å². The molecule has 2 aliphatic heterocycles. The Morgan fingerprint density at radius 3 is 2.74 bits per heavy atom. The van der Waals surface area contributed by atoms with E-state index in [2.05, 4.69) is 16.8 Å². The van der Waals surface area contributed by atoms with Crippen molar-refractivity contribution < 1.29 is 9.13 Å². The van der Waals surface area contributed by atoms with Gasteiger partial charge in [-0.05, 0) is 63.0 Å². The molecule has 1 aromatic carbocycles. The molecule has 2 aliphatic rings. The van der Waals surface area contributed by atoms with Gasteiger partial charge in [-0.15, -0.1) is 0 Å². The van der Waals surface area contributed by atoms with Gasteiger partial charge in [-0.3, -0.25) is 4.90 Å². The third-order valence-corrected chi connectivity index (χ3v) is 5.51. The highest BCUT2D eigenvalue weighted by Gasteiger charge is 2.25. The summed E-state index contributed by atoms with van der Waals surface area (Å²) in [6.45, 7) is 6.14. The van der Waals surface area contributed by atoms with Crippen LogP contribution in [-0.4, -0.2) is 55.7 Å². The molecular formula is C18H26ClFN2O. The van der Waals surface area contributed by atoms with Crippen molar-refractivity contribution in [1.82, 2.24) is 9.80 Å². The first-order valence-corrected chi connectivity index (χ1v) is 8.94. The summed E-state index contributed by atoms with van der Waals surface area (Å²) in [5, 5.41) is 0.524. The summed E-state index contributed by atoms with van der Waals surface area (Å²) in [5.74, 6) is 0.452. The third-order valence-electron chi connectivity index (χ3n) is 5.16. The Morgan fingerprint density at radius 1 is 1.30 bits per heavy atom. The van der Waals surface area contributed by atoms with Crippen molar-refractivity contribution in [3.63, 3.8) is 0 Å². The predicted octanol–water partition coefficient (Wildman–Crippen LogP) is 3.41. The van der Waals surface area contributed by atoms with Crippen LogP contribution in [0.15, 0.2) is 18.2 Å². The van der Waals surface area contributed by atoms with Crippen LogP contribution >= 0.6 is 11.6 Å². The molecule has 2 fully saturated rings. The van der Waals surface area contributed by atoms with Crippen LogP contribution in [0.25, 0.3) is 0 Å². The fourth-order valence-electron chi connectivity index (χ4n) is 3.68. The van der Waals surface area contributed by atoms with E-state index in [-0.39, 0.29) is 5.82 Å². The van der Waals surface area contributed by atoms with E-state index in [4.69, 9.17) is 16.3 Å². The van der Waals surface area contributed by atoms with Gasteiger partial charge in [0.15, 0.2) is 0 Å². The second-order valence-electron chi connectivity index (χ2n) is 6.91. The molecule has 23 heavy (non-hydrogen) atoms. The molecule has 0 aliphatic carbocycles. The number of halogens is 2. The summed E-state index contributed by atoms with van der Waals surface area (Å²) in [6.07, 6.45) is 3.58. The number of hydrogen-bond donors (Lipinski definition) is 0. The average Bonchev–Trinajstić information content (AvgIpc) is 3.04. The highest BCUT2D eigenvalue weighted by atomic mass is 35.5. The molecule has 3 rings (SSSR count). The van der Waals surface area contributed by atoms with Gasteiger partial charge >= 0.3 is 0 Å². The van der Waals surface area contributed by atoms with Gasteiger partial charge in [-0.1, -0.05) is 17.7 Å². The van der Waals surface area contributed by atoms with E-state index in [9.17, 15) is 4.39 Å². The van der Waals surface area contributed by atoms with Gasteiger partial charge in [0, 0.05) is 30.8 Å². The van der Waals surface area contributed by atoms with Gasteiger partial charge in [-0.2, -0.15) is 0 Å². The van der Waals surface area contributed by atoms with Crippen molar-refractivity contribution >= 4 is 11.6 Å². The highest BCUT2D eigenvalue weighted by molar-refractivity contribution is 6.31. The standard InChI is InChI=1S/C18H26ClFN2O/c1-21(12-15-2-3-16(20)10-18(15)19)17-4-7-22(8-5-17)11-14-6-9-23-13-14/h2-3,10,14,17H,4-9,11-13H2,1H3. The van der Waals surface area contributed by atoms with E-state index < -0.39 is 0 Å². The maximum absolute atomic E-state index is 13.1. The van der Waals surface area contributed by atoms with Crippen LogP contribution in [0.5, 0.6) is 0 Å². The Balaban J connectivity index is 1.46. The van der Waals surface area contributed by atoms with E-state index in [1.54, 1.807) is 6.07 Å². The van der Waals surface area contributed by atoms with Crippen molar-refractivity contribution in [3.8, 4) is 0 Å². The Kier molecular flexibility index (Phi) is 5.91. The number of nitrogens with zero attached hydrogens (tertiary/aromatic N) is 2. The Hall–Kier alpha value is -0.680. The summed E-state index contributed by atoms with van der Waals surface area (Å²) >= 11 is 6.14. The molecule has 0 aromatic heterocycles. The van der Waals surface area contributed by atoms with Gasteiger partial charge < -0.3 is 9.64 Å². The fourth-order valence-corrected chi connectivity index (χ4v) is 3.91. The fraction of sp³-hybridized carbons (Fsp3) is 0.667. The van der Waals surface area contributed by atoms with Gasteiger partial charge in [0.25, 0.3) is 0 Å². The lowest BCUT2D eigenvalue weighted by atomic mass is 10.0. The first-order valence-electron chi connectivity index (χ1n) is 8.56. The predicted molar refractivity (Wildman–Crippen MR) is 91.3 cm³/mol. The van der Waals surface area contributed by atoms with Crippen molar-refractivity contribution in [1.29, 1.82) is 0 Å². The summed E-state index contributed by atoms with van der Waals surface area (Å²) in [5.41, 5.74) is 1.00. The number of rotatable bonds is 5. The maximum Gasteiger partial charge on any atom is 0.124 e. The smallest absolute Gasteiger partial charge is 0.124 e. The van der Waals surface area contributed by atoms with E-state index in [0.717, 1.165) is 44.3 Å². The zero-order valence-corrected chi connectivity index (χ0v) is 14.6. The molecule has 0 spiro atoms. The third kappa shape index (κ3) is 4.66. The summed E-state index contributed by atoms with van der Waals surface area (Å²) in [7, 11) is 2.14. The SMILES string of the molecule is CN(Cc1ccc(F)cc1Cl)C1CCN(CC2CCOC2)CC1. The monoisotopic (exact) mass is 340 g/mol. The van der Waals surface area contributed by atoms with Crippen LogP contribution in [0.3, 0.4) is 0 Å². The lowest BCUT2D eigenvalue weighted by molar-refractivity contribution is 0.106. The van der Waals surface area contributed by atoms with Crippen LogP contribution in [0, 0.1) is 11.7 Å². The maximum atomic E-state index is 13.1. The second kappa shape index (κ2) is 7.93. The summed E-state index contributed by atoms with van der Waals surface area (Å²) in [4.78, 5) is 4.93. The molecule has 0 N–H and O–H groups in total. The first kappa shape index (κ1) is 17.2. The molecule has 0 radical (unpaired) electrons. The number of hydrogen-bond acceptors (Lipinski definition) is 3. The lowest BCUT2D eigenvalue weighted by Gasteiger charge is -2.37. The minimum atomic E-state index is -0.273. The Morgan fingerprint density at radius 2 is 2.09 bits per heavy atom. The van der Waals surface area contributed by atoms with Crippen LogP contribution < -0.4 is 0 Å². The zero-order valence-electron chi connectivity index (χ0n) is 13.8. The van der Waals surface area contributed by atoms with Gasteiger partial charge in [0.1, 0.15) is 5.82 Å². The molecule has 128 valence electrons. The minimum Gasteiger partial charge on any atom is -0.381 e. The van der Waals surface area contributed by atoms with E-state index in [1.165, 1.54) is 37.9 Å². The molecular weight excluding hydrogens is 315 g/mol. The highest BCUT2D eigenvalue weighted by Crippen LogP contribution is 2.23. The van der Waals surface area contributed by atoms with Gasteiger partial charge in [0.05, 0.1) is 6.61 Å². The topological polar surface area (TPSA) is 15.7 Å². The van der Waals surface area contributed by atoms with E-state index >= 15 is 0 Å². The average molecular weight is 341 g/mol. The first-order chi connectivity index (χ1) is 11.1. The molecule has 2 heterocycles. The van der Waals surface area contributed by atoms with Crippen LogP contribution in [0.4, 0.5) is 4.39 Å². The van der Waals surface area contributed by atoms with Gasteiger partial charge in [0.2, 0.25) is 0 Å². The molecule has 1 aromatic rings. The quantitative estimate of drug-likeness (QED) is 0.817. The molecule has 0 bridgehead atoms. The largest absolute Gasteiger partial charge is 0.381 e. The second-order valence-corrected chi connectivity index (χ2v) is 7.32. The summed E-state index contributed by atoms with van der Waals surface area (Å²) < 4.78 is 18.6. The lowest BCUT2D eigenvalue weighted by Crippen LogP contribution is -2.44. The zero-order chi connectivity index (χ0) is 16.2. The Labute approximate surface area is 143 Å². The van der Waals surface area contributed by atoms with Crippen molar-refractivity contribution in [3.05, 3.63) is 34.6 Å². The molecule has 0 saturated carbocycles. The molecule has 1 atom stereocenters. The molecule has 0 amide bonds. The van der Waals surface area contributed by atoms with E-state index in [0.29, 0.717) is 11.1 Å². The number of ether oxygens (including phenoxy) is 1. The summed E-state index contributed by atoms with van der Waals surface area (Å²) in [6, 6.07) is 5.26. The van der Waals surface area contributed by atoms with Crippen molar-refractivity contribution in [2.75, 3.05) is 39.9 Å². The molecule has 1 unspecified atom stereocenters.